The number of amides is 2. The average molecular weight is 301 g/mol. The largest absolute Gasteiger partial charge is 0.339 e. The van der Waals surface area contributed by atoms with Gasteiger partial charge in [0.25, 0.3) is 0 Å². The van der Waals surface area contributed by atoms with Crippen LogP contribution in [0.1, 0.15) is 26.7 Å². The summed E-state index contributed by atoms with van der Waals surface area (Å²) in [6.07, 6.45) is 3.31. The fourth-order valence-corrected chi connectivity index (χ4v) is 2.75. The number of hydrogen-bond donors (Lipinski definition) is 1. The highest BCUT2D eigenvalue weighted by atomic mass is 32.2. The minimum Gasteiger partial charge on any atom is -0.339 e. The van der Waals surface area contributed by atoms with E-state index in [2.05, 4.69) is 0 Å². The first-order valence-corrected chi connectivity index (χ1v) is 8.66. The predicted octanol–water partition coefficient (Wildman–Crippen LogP) is 0.784. The first kappa shape index (κ1) is 17.3. The molecule has 1 atom stereocenters. The Hall–Kier alpha value is -0.750. The summed E-state index contributed by atoms with van der Waals surface area (Å²) >= 11 is 1.70. The molecule has 116 valence electrons. The van der Waals surface area contributed by atoms with Crippen LogP contribution in [0.25, 0.3) is 0 Å². The number of carbonyl (C=O) groups is 2. The molecule has 2 N–H and O–H groups in total. The molecule has 0 saturated carbocycles. The second-order valence-corrected chi connectivity index (χ2v) is 6.68. The Bertz CT molecular complexity index is 328. The van der Waals surface area contributed by atoms with Gasteiger partial charge >= 0.3 is 0 Å². The van der Waals surface area contributed by atoms with E-state index in [1.165, 1.54) is 0 Å². The minimum atomic E-state index is -0.402. The molecule has 1 rings (SSSR count). The quantitative estimate of drug-likeness (QED) is 0.787. The molecule has 0 bridgehead atoms. The summed E-state index contributed by atoms with van der Waals surface area (Å²) in [7, 11) is 0. The van der Waals surface area contributed by atoms with E-state index in [-0.39, 0.29) is 11.8 Å². The zero-order valence-electron chi connectivity index (χ0n) is 12.8. The van der Waals surface area contributed by atoms with Gasteiger partial charge in [0, 0.05) is 32.6 Å². The second kappa shape index (κ2) is 8.52. The van der Waals surface area contributed by atoms with Gasteiger partial charge in [-0.1, -0.05) is 13.8 Å². The SMILES string of the molecule is CSCC[C@H](N)C(=O)N1CCN(C(=O)CC(C)C)CC1. The molecule has 6 heteroatoms. The number of thioether (sulfide) groups is 1. The van der Waals surface area contributed by atoms with Gasteiger partial charge in [-0.15, -0.1) is 0 Å². The van der Waals surface area contributed by atoms with Crippen molar-refractivity contribution in [3.63, 3.8) is 0 Å². The topological polar surface area (TPSA) is 66.6 Å². The molecule has 0 radical (unpaired) electrons. The van der Waals surface area contributed by atoms with Crippen molar-refractivity contribution in [1.82, 2.24) is 9.80 Å². The van der Waals surface area contributed by atoms with Gasteiger partial charge in [0.1, 0.15) is 0 Å². The molecule has 1 aliphatic rings. The van der Waals surface area contributed by atoms with Crippen LogP contribution >= 0.6 is 11.8 Å². The van der Waals surface area contributed by atoms with Crippen molar-refractivity contribution in [2.24, 2.45) is 11.7 Å². The summed E-state index contributed by atoms with van der Waals surface area (Å²) in [5, 5.41) is 0. The van der Waals surface area contributed by atoms with E-state index < -0.39 is 6.04 Å². The van der Waals surface area contributed by atoms with Gasteiger partial charge in [-0.05, 0) is 24.3 Å². The molecule has 5 nitrogen and oxygen atoms in total. The van der Waals surface area contributed by atoms with Crippen molar-refractivity contribution in [1.29, 1.82) is 0 Å². The van der Waals surface area contributed by atoms with Crippen LogP contribution in [0.4, 0.5) is 0 Å². The van der Waals surface area contributed by atoms with Crippen LogP contribution in [-0.2, 0) is 9.59 Å². The van der Waals surface area contributed by atoms with Crippen LogP contribution in [0, 0.1) is 5.92 Å². The van der Waals surface area contributed by atoms with Crippen molar-refractivity contribution in [3.05, 3.63) is 0 Å². The summed E-state index contributed by atoms with van der Waals surface area (Å²) < 4.78 is 0. The maximum absolute atomic E-state index is 12.1. The second-order valence-electron chi connectivity index (χ2n) is 5.69. The van der Waals surface area contributed by atoms with E-state index in [4.69, 9.17) is 5.73 Å². The van der Waals surface area contributed by atoms with E-state index in [0.717, 1.165) is 5.75 Å². The molecule has 1 saturated heterocycles. The molecule has 0 spiro atoms. The van der Waals surface area contributed by atoms with E-state index in [1.54, 1.807) is 16.7 Å². The minimum absolute atomic E-state index is 0.0232. The number of rotatable bonds is 6. The number of nitrogens with two attached hydrogens (primary N) is 1. The maximum atomic E-state index is 12.1. The smallest absolute Gasteiger partial charge is 0.239 e. The Labute approximate surface area is 126 Å². The summed E-state index contributed by atoms with van der Waals surface area (Å²) in [6.45, 7) is 6.56. The Kier molecular flexibility index (Phi) is 7.37. The lowest BCUT2D eigenvalue weighted by molar-refractivity contribution is -0.140. The number of nitrogens with zero attached hydrogens (tertiary/aromatic N) is 2. The normalized spacial score (nSPS) is 17.4. The predicted molar refractivity (Wildman–Crippen MR) is 83.6 cm³/mol. The molecular weight excluding hydrogens is 274 g/mol. The Balaban J connectivity index is 2.38. The van der Waals surface area contributed by atoms with E-state index in [1.807, 2.05) is 25.0 Å². The fourth-order valence-electron chi connectivity index (χ4n) is 2.26. The Morgan fingerprint density at radius 3 is 2.20 bits per heavy atom. The monoisotopic (exact) mass is 301 g/mol. The first-order chi connectivity index (χ1) is 9.45. The summed E-state index contributed by atoms with van der Waals surface area (Å²) in [5.74, 6) is 1.50. The van der Waals surface area contributed by atoms with Gasteiger partial charge in [0.2, 0.25) is 11.8 Å². The molecular formula is C14H27N3O2S. The zero-order chi connectivity index (χ0) is 15.1. The Morgan fingerprint density at radius 2 is 1.70 bits per heavy atom. The Morgan fingerprint density at radius 1 is 1.15 bits per heavy atom. The van der Waals surface area contributed by atoms with Crippen LogP contribution in [0.3, 0.4) is 0 Å². The molecule has 20 heavy (non-hydrogen) atoms. The summed E-state index contributed by atoms with van der Waals surface area (Å²) in [4.78, 5) is 27.8. The first-order valence-electron chi connectivity index (χ1n) is 7.26. The van der Waals surface area contributed by atoms with Crippen LogP contribution in [-0.4, -0.2) is 65.8 Å². The lowest BCUT2D eigenvalue weighted by atomic mass is 10.1. The lowest BCUT2D eigenvalue weighted by Gasteiger charge is -2.36. The highest BCUT2D eigenvalue weighted by Crippen LogP contribution is 2.10. The molecule has 0 aliphatic carbocycles. The highest BCUT2D eigenvalue weighted by molar-refractivity contribution is 7.98. The zero-order valence-corrected chi connectivity index (χ0v) is 13.6. The van der Waals surface area contributed by atoms with Gasteiger partial charge in [0.05, 0.1) is 6.04 Å². The standard InChI is InChI=1S/C14H27N3O2S/c1-11(2)10-13(18)16-5-7-17(8-6-16)14(19)12(15)4-9-20-3/h11-12H,4-10,15H2,1-3H3/t12-/m0/s1. The third-order valence-electron chi connectivity index (χ3n) is 3.48. The van der Waals surface area contributed by atoms with Crippen LogP contribution in [0.15, 0.2) is 0 Å². The molecule has 0 aromatic heterocycles. The highest BCUT2D eigenvalue weighted by Gasteiger charge is 2.26. The maximum Gasteiger partial charge on any atom is 0.239 e. The molecule has 0 aromatic rings. The van der Waals surface area contributed by atoms with Crippen molar-refractivity contribution in [3.8, 4) is 0 Å². The summed E-state index contributed by atoms with van der Waals surface area (Å²) in [5.41, 5.74) is 5.91. The lowest BCUT2D eigenvalue weighted by Crippen LogP contribution is -2.54. The van der Waals surface area contributed by atoms with Crippen molar-refractivity contribution in [2.75, 3.05) is 38.2 Å². The van der Waals surface area contributed by atoms with Gasteiger partial charge in [-0.3, -0.25) is 9.59 Å². The van der Waals surface area contributed by atoms with Crippen molar-refractivity contribution >= 4 is 23.6 Å². The number of piperazine rings is 1. The third-order valence-corrected chi connectivity index (χ3v) is 4.12. The fraction of sp³-hybridized carbons (Fsp3) is 0.857. The van der Waals surface area contributed by atoms with Gasteiger partial charge in [-0.25, -0.2) is 0 Å². The van der Waals surface area contributed by atoms with Crippen molar-refractivity contribution < 1.29 is 9.59 Å². The molecule has 1 fully saturated rings. The third kappa shape index (κ3) is 5.32. The van der Waals surface area contributed by atoms with Crippen LogP contribution < -0.4 is 5.73 Å². The molecule has 2 amide bonds. The van der Waals surface area contributed by atoms with Gasteiger partial charge < -0.3 is 15.5 Å². The number of hydrogen-bond acceptors (Lipinski definition) is 4. The molecule has 0 aromatic carbocycles. The molecule has 1 aliphatic heterocycles. The summed E-state index contributed by atoms with van der Waals surface area (Å²) in [6, 6.07) is -0.402. The molecule has 1 heterocycles. The van der Waals surface area contributed by atoms with Crippen LogP contribution in [0.2, 0.25) is 0 Å². The van der Waals surface area contributed by atoms with E-state index in [9.17, 15) is 9.59 Å². The van der Waals surface area contributed by atoms with Crippen molar-refractivity contribution in [2.45, 2.75) is 32.7 Å². The van der Waals surface area contributed by atoms with Crippen LogP contribution in [0.5, 0.6) is 0 Å². The molecule has 0 unspecified atom stereocenters. The average Bonchev–Trinajstić information content (AvgIpc) is 2.43. The van der Waals surface area contributed by atoms with E-state index in [0.29, 0.717) is 44.9 Å². The van der Waals surface area contributed by atoms with Gasteiger partial charge in [-0.2, -0.15) is 11.8 Å². The van der Waals surface area contributed by atoms with E-state index >= 15 is 0 Å². The number of carbonyl (C=O) groups excluding carboxylic acids is 2. The van der Waals surface area contributed by atoms with Gasteiger partial charge in [0.15, 0.2) is 0 Å².